The molecule has 0 aliphatic carbocycles. The van der Waals surface area contributed by atoms with E-state index >= 15 is 0 Å². The van der Waals surface area contributed by atoms with Crippen LogP contribution in [0.1, 0.15) is 11.6 Å². The Bertz CT molecular complexity index is 342. The van der Waals surface area contributed by atoms with Crippen LogP contribution in [0.15, 0.2) is 29.8 Å². The highest BCUT2D eigenvalue weighted by atomic mass is 16.1. The molecule has 0 radical (unpaired) electrons. The quantitative estimate of drug-likeness (QED) is 0.545. The molecule has 0 aliphatic heterocycles. The Morgan fingerprint density at radius 3 is 2.83 bits per heavy atom. The SMILES string of the molecule is C=CC(N)c1c[nH]cc(N)c1=O. The van der Waals surface area contributed by atoms with Crippen molar-refractivity contribution in [3.05, 3.63) is 40.8 Å². The van der Waals surface area contributed by atoms with Gasteiger partial charge in [0.25, 0.3) is 0 Å². The Balaban J connectivity index is 3.25. The molecule has 5 N–H and O–H groups in total. The molecule has 1 atom stereocenters. The summed E-state index contributed by atoms with van der Waals surface area (Å²) in [6.45, 7) is 3.49. The highest BCUT2D eigenvalue weighted by Gasteiger charge is 2.07. The molecule has 0 amide bonds. The number of rotatable bonds is 2. The summed E-state index contributed by atoms with van der Waals surface area (Å²) >= 11 is 0. The number of nitrogen functional groups attached to an aromatic ring is 1. The monoisotopic (exact) mass is 165 g/mol. The zero-order chi connectivity index (χ0) is 9.14. The van der Waals surface area contributed by atoms with E-state index in [1.165, 1.54) is 18.5 Å². The first-order valence-corrected chi connectivity index (χ1v) is 3.51. The van der Waals surface area contributed by atoms with Crippen molar-refractivity contribution >= 4 is 5.69 Å². The molecule has 1 unspecified atom stereocenters. The summed E-state index contributed by atoms with van der Waals surface area (Å²) in [4.78, 5) is 14.0. The van der Waals surface area contributed by atoms with Gasteiger partial charge in [0.1, 0.15) is 0 Å². The fraction of sp³-hybridized carbons (Fsp3) is 0.125. The van der Waals surface area contributed by atoms with Crippen LogP contribution in [0.5, 0.6) is 0 Å². The molecule has 1 aromatic rings. The molecule has 4 heteroatoms. The van der Waals surface area contributed by atoms with Crippen LogP contribution in [-0.2, 0) is 0 Å². The molecule has 1 aromatic heterocycles. The Labute approximate surface area is 69.9 Å². The number of anilines is 1. The third-order valence-corrected chi connectivity index (χ3v) is 1.62. The lowest BCUT2D eigenvalue weighted by atomic mass is 10.1. The van der Waals surface area contributed by atoms with Crippen LogP contribution in [-0.4, -0.2) is 4.98 Å². The maximum Gasteiger partial charge on any atom is 0.209 e. The Kier molecular flexibility index (Phi) is 2.30. The minimum absolute atomic E-state index is 0.171. The van der Waals surface area contributed by atoms with Crippen LogP contribution in [0, 0.1) is 0 Å². The summed E-state index contributed by atoms with van der Waals surface area (Å²) in [5, 5.41) is 0. The summed E-state index contributed by atoms with van der Waals surface area (Å²) in [5.74, 6) is 0. The van der Waals surface area contributed by atoms with Gasteiger partial charge in [-0.05, 0) is 0 Å². The number of pyridine rings is 1. The summed E-state index contributed by atoms with van der Waals surface area (Å²) in [6.07, 6.45) is 4.46. The lowest BCUT2D eigenvalue weighted by Gasteiger charge is -2.04. The van der Waals surface area contributed by atoms with E-state index in [2.05, 4.69) is 11.6 Å². The van der Waals surface area contributed by atoms with E-state index in [4.69, 9.17) is 11.5 Å². The van der Waals surface area contributed by atoms with Crippen molar-refractivity contribution < 1.29 is 0 Å². The summed E-state index contributed by atoms with van der Waals surface area (Å²) in [7, 11) is 0. The standard InChI is InChI=1S/C8H11N3O/c1-2-6(9)5-3-11-4-7(10)8(5)12/h2-4,6H,1,9-10H2,(H,11,12). The van der Waals surface area contributed by atoms with Gasteiger partial charge in [-0.2, -0.15) is 0 Å². The van der Waals surface area contributed by atoms with Gasteiger partial charge in [-0.25, -0.2) is 0 Å². The first-order valence-electron chi connectivity index (χ1n) is 3.51. The maximum atomic E-state index is 11.3. The molecule has 12 heavy (non-hydrogen) atoms. The van der Waals surface area contributed by atoms with E-state index < -0.39 is 6.04 Å². The minimum Gasteiger partial charge on any atom is -0.394 e. The second-order valence-electron chi connectivity index (χ2n) is 2.46. The summed E-state index contributed by atoms with van der Waals surface area (Å²) in [5.41, 5.74) is 11.3. The summed E-state index contributed by atoms with van der Waals surface area (Å²) < 4.78 is 0. The Morgan fingerprint density at radius 2 is 2.25 bits per heavy atom. The molecule has 1 heterocycles. The van der Waals surface area contributed by atoms with E-state index in [0.717, 1.165) is 0 Å². The van der Waals surface area contributed by atoms with Crippen molar-refractivity contribution in [3.63, 3.8) is 0 Å². The van der Waals surface area contributed by atoms with Crippen LogP contribution in [0.4, 0.5) is 5.69 Å². The molecule has 1 rings (SSSR count). The molecule has 0 bridgehead atoms. The van der Waals surface area contributed by atoms with Crippen molar-refractivity contribution in [1.29, 1.82) is 0 Å². The van der Waals surface area contributed by atoms with Gasteiger partial charge in [-0.3, -0.25) is 4.79 Å². The molecule has 64 valence electrons. The van der Waals surface area contributed by atoms with Crippen molar-refractivity contribution in [2.24, 2.45) is 5.73 Å². The third kappa shape index (κ3) is 1.38. The number of hydrogen-bond donors (Lipinski definition) is 3. The molecule has 0 fully saturated rings. The molecular weight excluding hydrogens is 154 g/mol. The average Bonchev–Trinajstić information content (AvgIpc) is 2.08. The smallest absolute Gasteiger partial charge is 0.209 e. The largest absolute Gasteiger partial charge is 0.394 e. The number of nitrogens with two attached hydrogens (primary N) is 2. The minimum atomic E-state index is -0.461. The number of H-pyrrole nitrogens is 1. The molecular formula is C8H11N3O. The molecule has 0 saturated heterocycles. The number of aromatic amines is 1. The topological polar surface area (TPSA) is 84.9 Å². The molecule has 0 spiro atoms. The third-order valence-electron chi connectivity index (χ3n) is 1.62. The lowest BCUT2D eigenvalue weighted by molar-refractivity contribution is 0.894. The van der Waals surface area contributed by atoms with Gasteiger partial charge in [-0.15, -0.1) is 6.58 Å². The van der Waals surface area contributed by atoms with Gasteiger partial charge in [0, 0.05) is 18.0 Å². The van der Waals surface area contributed by atoms with Gasteiger partial charge in [0.2, 0.25) is 5.43 Å². The van der Waals surface area contributed by atoms with Gasteiger partial charge in [0.15, 0.2) is 0 Å². The van der Waals surface area contributed by atoms with Gasteiger partial charge < -0.3 is 16.5 Å². The van der Waals surface area contributed by atoms with E-state index in [0.29, 0.717) is 5.56 Å². The number of aromatic nitrogens is 1. The van der Waals surface area contributed by atoms with Crippen LogP contribution in [0.2, 0.25) is 0 Å². The van der Waals surface area contributed by atoms with Crippen molar-refractivity contribution in [1.82, 2.24) is 4.98 Å². The highest BCUT2D eigenvalue weighted by molar-refractivity contribution is 5.38. The van der Waals surface area contributed by atoms with Crippen LogP contribution in [0.3, 0.4) is 0 Å². The van der Waals surface area contributed by atoms with E-state index in [1.54, 1.807) is 0 Å². The zero-order valence-corrected chi connectivity index (χ0v) is 6.58. The van der Waals surface area contributed by atoms with Gasteiger partial charge in [-0.1, -0.05) is 6.08 Å². The van der Waals surface area contributed by atoms with E-state index in [9.17, 15) is 4.79 Å². The maximum absolute atomic E-state index is 11.3. The first kappa shape index (κ1) is 8.55. The van der Waals surface area contributed by atoms with Crippen molar-refractivity contribution in [2.75, 3.05) is 5.73 Å². The fourth-order valence-electron chi connectivity index (χ4n) is 0.894. The lowest BCUT2D eigenvalue weighted by Crippen LogP contribution is -2.20. The normalized spacial score (nSPS) is 12.4. The predicted octanol–water partition coefficient (Wildman–Crippen LogP) is 0.143. The molecule has 0 saturated carbocycles. The number of nitrogens with one attached hydrogen (secondary N) is 1. The van der Waals surface area contributed by atoms with Gasteiger partial charge in [0.05, 0.1) is 11.7 Å². The Morgan fingerprint density at radius 1 is 1.58 bits per heavy atom. The fourth-order valence-corrected chi connectivity index (χ4v) is 0.894. The van der Waals surface area contributed by atoms with Crippen LogP contribution >= 0.6 is 0 Å². The number of hydrogen-bond acceptors (Lipinski definition) is 3. The van der Waals surface area contributed by atoms with Crippen molar-refractivity contribution in [3.8, 4) is 0 Å². The zero-order valence-electron chi connectivity index (χ0n) is 6.58. The van der Waals surface area contributed by atoms with E-state index in [1.807, 2.05) is 0 Å². The van der Waals surface area contributed by atoms with E-state index in [-0.39, 0.29) is 11.1 Å². The summed E-state index contributed by atoms with van der Waals surface area (Å²) in [6, 6.07) is -0.461. The second kappa shape index (κ2) is 3.23. The highest BCUT2D eigenvalue weighted by Crippen LogP contribution is 2.05. The van der Waals surface area contributed by atoms with Crippen LogP contribution in [0.25, 0.3) is 0 Å². The molecule has 0 aromatic carbocycles. The molecule has 0 aliphatic rings. The second-order valence-corrected chi connectivity index (χ2v) is 2.46. The van der Waals surface area contributed by atoms with Crippen molar-refractivity contribution in [2.45, 2.75) is 6.04 Å². The molecule has 4 nitrogen and oxygen atoms in total. The first-order chi connectivity index (χ1) is 5.66. The van der Waals surface area contributed by atoms with Crippen LogP contribution < -0.4 is 16.9 Å². The van der Waals surface area contributed by atoms with Gasteiger partial charge >= 0.3 is 0 Å². The average molecular weight is 165 g/mol. The predicted molar refractivity (Wildman–Crippen MR) is 48.6 cm³/mol. The Hall–Kier alpha value is -1.55.